The van der Waals surface area contributed by atoms with Crippen LogP contribution in [0.3, 0.4) is 0 Å². The number of hydrogen-bond acceptors (Lipinski definition) is 4. The Hall–Kier alpha value is -1.36. The van der Waals surface area contributed by atoms with Crippen LogP contribution in [0, 0.1) is 5.92 Å². The normalized spacial score (nSPS) is 26.6. The number of aromatic nitrogens is 2. The van der Waals surface area contributed by atoms with Crippen LogP contribution in [0.2, 0.25) is 0 Å². The van der Waals surface area contributed by atoms with Gasteiger partial charge in [0, 0.05) is 25.5 Å². The van der Waals surface area contributed by atoms with E-state index in [-0.39, 0.29) is 17.7 Å². The predicted octanol–water partition coefficient (Wildman–Crippen LogP) is 1.63. The van der Waals surface area contributed by atoms with E-state index < -0.39 is 0 Å². The smallest absolute Gasteiger partial charge is 0.293 e. The third-order valence-corrected chi connectivity index (χ3v) is 3.92. The molecule has 1 saturated carbocycles. The van der Waals surface area contributed by atoms with Crippen molar-refractivity contribution < 1.29 is 4.74 Å². The standard InChI is InChI=1S/C14H21N3O2/c1-2-7-17-8-6-15-13(14(17)18)16-11-5-9-19-12(11)10-3-4-10/h6,8,10-12H,2-5,7,9H2,1H3,(H,15,16). The lowest BCUT2D eigenvalue weighted by atomic mass is 10.1. The van der Waals surface area contributed by atoms with E-state index in [1.165, 1.54) is 12.8 Å². The summed E-state index contributed by atoms with van der Waals surface area (Å²) >= 11 is 0. The summed E-state index contributed by atoms with van der Waals surface area (Å²) in [7, 11) is 0. The summed E-state index contributed by atoms with van der Waals surface area (Å²) in [5.41, 5.74) is -0.0224. The number of rotatable bonds is 5. The molecule has 19 heavy (non-hydrogen) atoms. The van der Waals surface area contributed by atoms with Crippen LogP contribution in [-0.2, 0) is 11.3 Å². The highest BCUT2D eigenvalue weighted by Crippen LogP contribution is 2.39. The molecule has 0 radical (unpaired) electrons. The number of hydrogen-bond donors (Lipinski definition) is 1. The molecule has 5 heteroatoms. The lowest BCUT2D eigenvalue weighted by Gasteiger charge is -2.19. The van der Waals surface area contributed by atoms with Crippen LogP contribution in [0.15, 0.2) is 17.2 Å². The van der Waals surface area contributed by atoms with Crippen molar-refractivity contribution in [3.63, 3.8) is 0 Å². The summed E-state index contributed by atoms with van der Waals surface area (Å²) < 4.78 is 7.50. The molecular weight excluding hydrogens is 242 g/mol. The molecule has 1 saturated heterocycles. The second kappa shape index (κ2) is 5.33. The Balaban J connectivity index is 1.75. The molecule has 2 aliphatic rings. The molecule has 1 aromatic rings. The van der Waals surface area contributed by atoms with Crippen molar-refractivity contribution in [1.82, 2.24) is 9.55 Å². The van der Waals surface area contributed by atoms with Crippen molar-refractivity contribution in [3.05, 3.63) is 22.7 Å². The van der Waals surface area contributed by atoms with Gasteiger partial charge in [-0.3, -0.25) is 4.79 Å². The number of aryl methyl sites for hydroxylation is 1. The first-order chi connectivity index (χ1) is 9.29. The molecule has 104 valence electrons. The van der Waals surface area contributed by atoms with Crippen LogP contribution in [0.4, 0.5) is 5.82 Å². The fourth-order valence-electron chi connectivity index (χ4n) is 2.79. The largest absolute Gasteiger partial charge is 0.376 e. The van der Waals surface area contributed by atoms with E-state index in [1.54, 1.807) is 17.0 Å². The van der Waals surface area contributed by atoms with Crippen molar-refractivity contribution in [1.29, 1.82) is 0 Å². The van der Waals surface area contributed by atoms with E-state index in [0.717, 1.165) is 26.0 Å². The maximum absolute atomic E-state index is 12.2. The number of nitrogens with zero attached hydrogens (tertiary/aromatic N) is 2. The maximum Gasteiger partial charge on any atom is 0.293 e. The van der Waals surface area contributed by atoms with Gasteiger partial charge in [-0.25, -0.2) is 4.98 Å². The van der Waals surface area contributed by atoms with Crippen molar-refractivity contribution >= 4 is 5.82 Å². The molecule has 2 fully saturated rings. The average Bonchev–Trinajstić information content (AvgIpc) is 3.15. The van der Waals surface area contributed by atoms with Gasteiger partial charge < -0.3 is 14.6 Å². The van der Waals surface area contributed by atoms with E-state index in [1.807, 2.05) is 0 Å². The van der Waals surface area contributed by atoms with E-state index in [0.29, 0.717) is 11.7 Å². The van der Waals surface area contributed by atoms with Gasteiger partial charge in [0.25, 0.3) is 5.56 Å². The molecule has 1 aliphatic heterocycles. The van der Waals surface area contributed by atoms with Crippen molar-refractivity contribution in [2.75, 3.05) is 11.9 Å². The van der Waals surface area contributed by atoms with Crippen LogP contribution < -0.4 is 10.9 Å². The Morgan fingerprint density at radius 1 is 1.47 bits per heavy atom. The Bertz CT molecular complexity index is 496. The van der Waals surface area contributed by atoms with E-state index in [4.69, 9.17) is 4.74 Å². The Kier molecular flexibility index (Phi) is 3.55. The zero-order valence-electron chi connectivity index (χ0n) is 11.3. The van der Waals surface area contributed by atoms with Gasteiger partial charge in [0.15, 0.2) is 5.82 Å². The van der Waals surface area contributed by atoms with Gasteiger partial charge in [-0.2, -0.15) is 0 Å². The third kappa shape index (κ3) is 2.66. The van der Waals surface area contributed by atoms with Gasteiger partial charge in [-0.15, -0.1) is 0 Å². The van der Waals surface area contributed by atoms with Gasteiger partial charge in [0.05, 0.1) is 12.1 Å². The van der Waals surface area contributed by atoms with E-state index >= 15 is 0 Å². The number of ether oxygens (including phenoxy) is 1. The minimum absolute atomic E-state index is 0.0224. The van der Waals surface area contributed by atoms with Crippen molar-refractivity contribution in [3.8, 4) is 0 Å². The van der Waals surface area contributed by atoms with E-state index in [2.05, 4.69) is 17.2 Å². The number of anilines is 1. The molecule has 0 amide bonds. The van der Waals surface area contributed by atoms with Crippen LogP contribution >= 0.6 is 0 Å². The first kappa shape index (κ1) is 12.7. The van der Waals surface area contributed by atoms with Crippen LogP contribution in [0.1, 0.15) is 32.6 Å². The number of nitrogens with one attached hydrogen (secondary N) is 1. The zero-order chi connectivity index (χ0) is 13.2. The molecule has 1 N–H and O–H groups in total. The van der Waals surface area contributed by atoms with Crippen molar-refractivity contribution in [2.45, 2.75) is 51.3 Å². The van der Waals surface area contributed by atoms with Crippen LogP contribution in [0.5, 0.6) is 0 Å². The van der Waals surface area contributed by atoms with Gasteiger partial charge in [0.1, 0.15) is 0 Å². The second-order valence-corrected chi connectivity index (χ2v) is 5.49. The van der Waals surface area contributed by atoms with Crippen LogP contribution in [-0.4, -0.2) is 28.3 Å². The molecule has 2 heterocycles. The van der Waals surface area contributed by atoms with Gasteiger partial charge in [-0.1, -0.05) is 6.92 Å². The quantitative estimate of drug-likeness (QED) is 0.877. The van der Waals surface area contributed by atoms with Crippen LogP contribution in [0.25, 0.3) is 0 Å². The minimum atomic E-state index is -0.0224. The van der Waals surface area contributed by atoms with Gasteiger partial charge >= 0.3 is 0 Å². The van der Waals surface area contributed by atoms with Crippen molar-refractivity contribution in [2.24, 2.45) is 5.92 Å². The van der Waals surface area contributed by atoms with E-state index in [9.17, 15) is 4.79 Å². The summed E-state index contributed by atoms with van der Waals surface area (Å²) in [4.78, 5) is 16.4. The first-order valence-corrected chi connectivity index (χ1v) is 7.23. The Morgan fingerprint density at radius 2 is 2.32 bits per heavy atom. The second-order valence-electron chi connectivity index (χ2n) is 5.49. The lowest BCUT2D eigenvalue weighted by Crippen LogP contribution is -2.35. The molecule has 1 aliphatic carbocycles. The summed E-state index contributed by atoms with van der Waals surface area (Å²) in [6.45, 7) is 3.59. The first-order valence-electron chi connectivity index (χ1n) is 7.23. The minimum Gasteiger partial charge on any atom is -0.376 e. The molecule has 1 aromatic heterocycles. The zero-order valence-corrected chi connectivity index (χ0v) is 11.3. The molecule has 3 rings (SSSR count). The Labute approximate surface area is 113 Å². The molecule has 0 bridgehead atoms. The monoisotopic (exact) mass is 263 g/mol. The predicted molar refractivity (Wildman–Crippen MR) is 73.3 cm³/mol. The SMILES string of the molecule is CCCn1ccnc(NC2CCOC2C2CC2)c1=O. The fraction of sp³-hybridized carbons (Fsp3) is 0.714. The lowest BCUT2D eigenvalue weighted by molar-refractivity contribution is 0.0898. The summed E-state index contributed by atoms with van der Waals surface area (Å²) in [5, 5.41) is 3.31. The third-order valence-electron chi connectivity index (χ3n) is 3.92. The molecule has 2 atom stereocenters. The molecule has 0 spiro atoms. The Morgan fingerprint density at radius 3 is 3.05 bits per heavy atom. The maximum atomic E-state index is 12.2. The highest BCUT2D eigenvalue weighted by molar-refractivity contribution is 5.33. The fourth-order valence-corrected chi connectivity index (χ4v) is 2.79. The summed E-state index contributed by atoms with van der Waals surface area (Å²) in [6, 6.07) is 0.241. The molecule has 5 nitrogen and oxygen atoms in total. The molecule has 2 unspecified atom stereocenters. The van der Waals surface area contributed by atoms with Gasteiger partial charge in [-0.05, 0) is 31.6 Å². The molecule has 0 aromatic carbocycles. The van der Waals surface area contributed by atoms with Gasteiger partial charge in [0.2, 0.25) is 0 Å². The topological polar surface area (TPSA) is 56.1 Å². The average molecular weight is 263 g/mol. The molecular formula is C14H21N3O2. The summed E-state index contributed by atoms with van der Waals surface area (Å²) in [6.07, 6.45) is 8.13. The highest BCUT2D eigenvalue weighted by atomic mass is 16.5. The highest BCUT2D eigenvalue weighted by Gasteiger charge is 2.40. The summed E-state index contributed by atoms with van der Waals surface area (Å²) in [5.74, 6) is 1.15.